The van der Waals surface area contributed by atoms with Crippen LogP contribution in [0.4, 0.5) is 0 Å². The molecule has 1 atom stereocenters. The van der Waals surface area contributed by atoms with Crippen molar-refractivity contribution in [1.82, 2.24) is 19.0 Å². The van der Waals surface area contributed by atoms with Crippen LogP contribution in [0.3, 0.4) is 0 Å². The predicted octanol–water partition coefficient (Wildman–Crippen LogP) is 1.96. The summed E-state index contributed by atoms with van der Waals surface area (Å²) in [4.78, 5) is 2.50. The van der Waals surface area contributed by atoms with Crippen LogP contribution < -0.4 is 0 Å². The summed E-state index contributed by atoms with van der Waals surface area (Å²) >= 11 is 0. The number of benzene rings is 1. The number of rotatable bonds is 5. The van der Waals surface area contributed by atoms with Gasteiger partial charge in [0.15, 0.2) is 0 Å². The van der Waals surface area contributed by atoms with Crippen molar-refractivity contribution >= 4 is 10.0 Å². The fraction of sp³-hybridized carbons (Fsp3) is 0.500. The third-order valence-electron chi connectivity index (χ3n) is 4.65. The van der Waals surface area contributed by atoms with Gasteiger partial charge in [-0.2, -0.15) is 9.40 Å². The minimum Gasteiger partial charge on any atom is -0.309 e. The predicted molar refractivity (Wildman–Crippen MR) is 97.7 cm³/mol. The number of hydrogen-bond donors (Lipinski definition) is 0. The summed E-state index contributed by atoms with van der Waals surface area (Å²) in [5, 5.41) is 4.38. The highest BCUT2D eigenvalue weighted by atomic mass is 32.2. The maximum absolute atomic E-state index is 13.2. The summed E-state index contributed by atoms with van der Waals surface area (Å²) in [7, 11) is 0.557. The summed E-state index contributed by atoms with van der Waals surface area (Å²) in [5.74, 6) is 0.239. The minimum atomic E-state index is -3.52. The number of fused-ring (bicyclic) bond motifs is 1. The molecule has 0 N–H and O–H groups in total. The molecule has 136 valence electrons. The number of sulfonamides is 1. The molecule has 3 rings (SSSR count). The van der Waals surface area contributed by atoms with Crippen LogP contribution in [0.25, 0.3) is 0 Å². The van der Waals surface area contributed by atoms with E-state index in [4.69, 9.17) is 0 Å². The summed E-state index contributed by atoms with van der Waals surface area (Å²) < 4.78 is 30.0. The summed E-state index contributed by atoms with van der Waals surface area (Å²) in [6, 6.07) is 9.04. The highest BCUT2D eigenvalue weighted by molar-refractivity contribution is 7.89. The molecule has 2 aromatic rings. The Morgan fingerprint density at radius 2 is 2.04 bits per heavy atom. The molecule has 2 heterocycles. The molecule has 1 aliphatic rings. The molecule has 0 spiro atoms. The number of aromatic nitrogens is 2. The van der Waals surface area contributed by atoms with Gasteiger partial charge in [-0.15, -0.1) is 0 Å². The molecule has 0 radical (unpaired) electrons. The zero-order valence-electron chi connectivity index (χ0n) is 15.1. The van der Waals surface area contributed by atoms with E-state index >= 15 is 0 Å². The van der Waals surface area contributed by atoms with E-state index in [0.717, 1.165) is 30.8 Å². The van der Waals surface area contributed by atoms with Crippen LogP contribution in [0.15, 0.2) is 41.4 Å². The van der Waals surface area contributed by atoms with Gasteiger partial charge < -0.3 is 4.90 Å². The van der Waals surface area contributed by atoms with Crippen LogP contribution >= 0.6 is 0 Å². The molecule has 0 aliphatic carbocycles. The van der Waals surface area contributed by atoms with Gasteiger partial charge in [-0.25, -0.2) is 8.42 Å². The maximum atomic E-state index is 13.2. The Morgan fingerprint density at radius 1 is 1.24 bits per heavy atom. The Hall–Kier alpha value is -1.70. The van der Waals surface area contributed by atoms with Crippen LogP contribution in [-0.4, -0.2) is 54.6 Å². The van der Waals surface area contributed by atoms with E-state index in [2.05, 4.69) is 10.00 Å². The van der Waals surface area contributed by atoms with E-state index in [0.29, 0.717) is 18.0 Å². The van der Waals surface area contributed by atoms with Crippen molar-refractivity contribution in [2.75, 3.05) is 27.2 Å². The van der Waals surface area contributed by atoms with Gasteiger partial charge in [-0.05, 0) is 63.7 Å². The van der Waals surface area contributed by atoms with Crippen molar-refractivity contribution < 1.29 is 8.42 Å². The zero-order valence-corrected chi connectivity index (χ0v) is 15.9. The van der Waals surface area contributed by atoms with E-state index in [-0.39, 0.29) is 5.92 Å². The molecule has 0 saturated heterocycles. The minimum absolute atomic E-state index is 0.239. The van der Waals surface area contributed by atoms with Crippen LogP contribution in [0.2, 0.25) is 0 Å². The molecule has 25 heavy (non-hydrogen) atoms. The molecule has 6 nitrogen and oxygen atoms in total. The molecule has 1 aromatic carbocycles. The van der Waals surface area contributed by atoms with E-state index in [1.807, 2.05) is 37.8 Å². The molecule has 0 bridgehead atoms. The first-order valence-corrected chi connectivity index (χ1v) is 10.0. The van der Waals surface area contributed by atoms with Crippen LogP contribution in [-0.2, 0) is 23.1 Å². The standard InChI is InChI=1S/C18H26N4O2S/c1-15-5-4-6-18(11-15)25(23,24)21-12-16(8-10-20(2)3)13-22-17(14-21)7-9-19-22/h4-7,9,11,16H,8,10,12-14H2,1-3H3/t16-/m0/s1. The van der Waals surface area contributed by atoms with Crippen molar-refractivity contribution in [3.8, 4) is 0 Å². The number of aryl methyl sites for hydroxylation is 1. The second-order valence-electron chi connectivity index (χ2n) is 7.08. The average molecular weight is 362 g/mol. The quantitative estimate of drug-likeness (QED) is 0.816. The lowest BCUT2D eigenvalue weighted by atomic mass is 10.1. The Bertz CT molecular complexity index is 829. The van der Waals surface area contributed by atoms with Crippen molar-refractivity contribution in [1.29, 1.82) is 0 Å². The third kappa shape index (κ3) is 4.11. The summed E-state index contributed by atoms with van der Waals surface area (Å²) in [5.41, 5.74) is 1.90. The normalized spacial score (nSPS) is 19.0. The Morgan fingerprint density at radius 3 is 2.76 bits per heavy atom. The fourth-order valence-electron chi connectivity index (χ4n) is 3.23. The molecule has 0 amide bonds. The number of nitrogens with zero attached hydrogens (tertiary/aromatic N) is 4. The Kier molecular flexibility index (Phi) is 5.27. The highest BCUT2D eigenvalue weighted by Gasteiger charge is 2.31. The second-order valence-corrected chi connectivity index (χ2v) is 9.01. The van der Waals surface area contributed by atoms with Crippen LogP contribution in [0, 0.1) is 12.8 Å². The van der Waals surface area contributed by atoms with Gasteiger partial charge in [0.1, 0.15) is 0 Å². The summed E-state index contributed by atoms with van der Waals surface area (Å²) in [6.45, 7) is 4.49. The van der Waals surface area contributed by atoms with E-state index < -0.39 is 10.0 Å². The monoisotopic (exact) mass is 362 g/mol. The number of hydrogen-bond acceptors (Lipinski definition) is 4. The van der Waals surface area contributed by atoms with Crippen LogP contribution in [0.5, 0.6) is 0 Å². The van der Waals surface area contributed by atoms with Gasteiger partial charge in [0.2, 0.25) is 10.0 Å². The van der Waals surface area contributed by atoms with E-state index in [1.165, 1.54) is 0 Å². The van der Waals surface area contributed by atoms with E-state index in [9.17, 15) is 8.42 Å². The molecule has 0 fully saturated rings. The topological polar surface area (TPSA) is 58.4 Å². The smallest absolute Gasteiger partial charge is 0.243 e. The first-order chi connectivity index (χ1) is 11.9. The lowest BCUT2D eigenvalue weighted by molar-refractivity contribution is 0.285. The van der Waals surface area contributed by atoms with Crippen LogP contribution in [0.1, 0.15) is 17.7 Å². The average Bonchev–Trinajstić information content (AvgIpc) is 2.90. The molecular weight excluding hydrogens is 336 g/mol. The Balaban J connectivity index is 1.91. The molecule has 7 heteroatoms. The van der Waals surface area contributed by atoms with E-state index in [1.54, 1.807) is 28.7 Å². The summed E-state index contributed by atoms with van der Waals surface area (Å²) in [6.07, 6.45) is 2.69. The van der Waals surface area contributed by atoms with Crippen molar-refractivity contribution in [2.24, 2.45) is 5.92 Å². The first-order valence-electron chi connectivity index (χ1n) is 8.58. The van der Waals surface area contributed by atoms with Gasteiger partial charge >= 0.3 is 0 Å². The largest absolute Gasteiger partial charge is 0.309 e. The lowest BCUT2D eigenvalue weighted by Gasteiger charge is -2.24. The molecule has 1 aliphatic heterocycles. The van der Waals surface area contributed by atoms with Gasteiger partial charge in [0, 0.05) is 19.3 Å². The van der Waals surface area contributed by atoms with Gasteiger partial charge in [0.05, 0.1) is 17.1 Å². The fourth-order valence-corrected chi connectivity index (χ4v) is 4.82. The molecule has 1 aromatic heterocycles. The van der Waals surface area contributed by atoms with Crippen molar-refractivity contribution in [2.45, 2.75) is 31.3 Å². The van der Waals surface area contributed by atoms with Crippen molar-refractivity contribution in [3.05, 3.63) is 47.8 Å². The maximum Gasteiger partial charge on any atom is 0.243 e. The molecular formula is C18H26N4O2S. The molecule has 0 unspecified atom stereocenters. The first kappa shape index (κ1) is 18.1. The third-order valence-corrected chi connectivity index (χ3v) is 6.46. The zero-order chi connectivity index (χ0) is 18.0. The second kappa shape index (κ2) is 7.27. The molecule has 0 saturated carbocycles. The SMILES string of the molecule is Cc1cccc(S(=O)(=O)N2Cc3ccnn3C[C@@H](CCN(C)C)C2)c1. The Labute approximate surface area is 150 Å². The highest BCUT2D eigenvalue weighted by Crippen LogP contribution is 2.25. The van der Waals surface area contributed by atoms with Gasteiger partial charge in [-0.1, -0.05) is 12.1 Å². The van der Waals surface area contributed by atoms with Gasteiger partial charge in [-0.3, -0.25) is 4.68 Å². The van der Waals surface area contributed by atoms with Crippen molar-refractivity contribution in [3.63, 3.8) is 0 Å². The lowest BCUT2D eigenvalue weighted by Crippen LogP contribution is -2.35. The van der Waals surface area contributed by atoms with Gasteiger partial charge in [0.25, 0.3) is 0 Å².